The van der Waals surface area contributed by atoms with Crippen molar-refractivity contribution in [2.75, 3.05) is 13.2 Å². The van der Waals surface area contributed by atoms with Gasteiger partial charge in [-0.15, -0.1) is 0 Å². The van der Waals surface area contributed by atoms with E-state index in [9.17, 15) is 18.0 Å². The first-order valence-corrected chi connectivity index (χ1v) is 9.29. The molecule has 4 nitrogen and oxygen atoms in total. The number of carbonyl (C=O) groups is 1. The highest BCUT2D eigenvalue weighted by molar-refractivity contribution is 5.88. The van der Waals surface area contributed by atoms with Crippen molar-refractivity contribution in [1.29, 1.82) is 0 Å². The minimum absolute atomic E-state index is 0.0403. The van der Waals surface area contributed by atoms with Crippen molar-refractivity contribution in [1.82, 2.24) is 10.4 Å². The van der Waals surface area contributed by atoms with Gasteiger partial charge in [-0.05, 0) is 48.2 Å². The summed E-state index contributed by atoms with van der Waals surface area (Å²) < 4.78 is 48.3. The summed E-state index contributed by atoms with van der Waals surface area (Å²) in [6, 6.07) is 8.15. The lowest BCUT2D eigenvalue weighted by atomic mass is 9.93. The Bertz CT molecular complexity index is 878. The fraction of sp³-hybridized carbons (Fsp3) is 0.476. The van der Waals surface area contributed by atoms with E-state index < -0.39 is 23.5 Å². The maximum Gasteiger partial charge on any atom is 0.409 e. The molecular weight excluding hydrogens is 369 g/mol. The third-order valence-electron chi connectivity index (χ3n) is 4.79. The number of halogens is 3. The number of hydrogen-bond donors (Lipinski definition) is 1. The van der Waals surface area contributed by atoms with Gasteiger partial charge in [-0.25, -0.2) is 5.01 Å². The van der Waals surface area contributed by atoms with E-state index in [4.69, 9.17) is 4.74 Å². The van der Waals surface area contributed by atoms with Gasteiger partial charge < -0.3 is 4.74 Å². The van der Waals surface area contributed by atoms with Crippen LogP contribution in [0, 0.1) is 11.3 Å². The van der Waals surface area contributed by atoms with Crippen LogP contribution in [0.1, 0.15) is 39.3 Å². The summed E-state index contributed by atoms with van der Waals surface area (Å²) in [5.74, 6) is 0.215. The highest BCUT2D eigenvalue weighted by Gasteiger charge is 2.51. The third kappa shape index (κ3) is 4.09. The number of hydrogen-bond acceptors (Lipinski definition) is 3. The highest BCUT2D eigenvalue weighted by Crippen LogP contribution is 2.44. The van der Waals surface area contributed by atoms with Gasteiger partial charge in [-0.2, -0.15) is 13.2 Å². The topological polar surface area (TPSA) is 41.6 Å². The third-order valence-corrected chi connectivity index (χ3v) is 4.79. The van der Waals surface area contributed by atoms with E-state index in [2.05, 4.69) is 5.43 Å². The lowest BCUT2D eigenvalue weighted by Crippen LogP contribution is -2.43. The summed E-state index contributed by atoms with van der Waals surface area (Å²) in [6.45, 7) is 7.58. The number of alkyl halides is 3. The van der Waals surface area contributed by atoms with Gasteiger partial charge in [0.2, 0.25) is 5.91 Å². The molecule has 0 spiro atoms. The predicted molar refractivity (Wildman–Crippen MR) is 102 cm³/mol. The molecule has 1 saturated heterocycles. The van der Waals surface area contributed by atoms with Crippen LogP contribution >= 0.6 is 0 Å². The SMILES string of the molecule is CC(C)COc1cc([C@H](N2CC(C)(C)C(=O)N2)C(F)(F)F)c2ccccc2c1. The maximum atomic E-state index is 14.2. The van der Waals surface area contributed by atoms with Crippen molar-refractivity contribution in [2.24, 2.45) is 11.3 Å². The van der Waals surface area contributed by atoms with Crippen LogP contribution < -0.4 is 10.2 Å². The summed E-state index contributed by atoms with van der Waals surface area (Å²) >= 11 is 0. The normalized spacial score (nSPS) is 18.5. The van der Waals surface area contributed by atoms with Crippen LogP contribution in [0.4, 0.5) is 13.2 Å². The van der Waals surface area contributed by atoms with Crippen LogP contribution in [0.5, 0.6) is 5.75 Å². The monoisotopic (exact) mass is 394 g/mol. The van der Waals surface area contributed by atoms with Gasteiger partial charge in [0.15, 0.2) is 6.04 Å². The first-order chi connectivity index (χ1) is 13.0. The molecule has 7 heteroatoms. The summed E-state index contributed by atoms with van der Waals surface area (Å²) in [5, 5.41) is 2.15. The molecule has 1 aliphatic heterocycles. The van der Waals surface area contributed by atoms with E-state index in [0.717, 1.165) is 5.01 Å². The fourth-order valence-corrected chi connectivity index (χ4v) is 3.38. The minimum Gasteiger partial charge on any atom is -0.493 e. The Kier molecular flexibility index (Phi) is 5.32. The molecule has 1 fully saturated rings. The van der Waals surface area contributed by atoms with Crippen molar-refractivity contribution < 1.29 is 22.7 Å². The van der Waals surface area contributed by atoms with Crippen molar-refractivity contribution in [3.63, 3.8) is 0 Å². The molecule has 2 aromatic carbocycles. The lowest BCUT2D eigenvalue weighted by Gasteiger charge is -2.31. The Hall–Kier alpha value is -2.28. The average molecular weight is 394 g/mol. The van der Waals surface area contributed by atoms with E-state index in [1.807, 2.05) is 13.8 Å². The molecule has 1 amide bonds. The number of fused-ring (bicyclic) bond motifs is 1. The Balaban J connectivity index is 2.12. The molecule has 1 N–H and O–H groups in total. The quantitative estimate of drug-likeness (QED) is 0.788. The van der Waals surface area contributed by atoms with Crippen LogP contribution in [0.2, 0.25) is 0 Å². The minimum atomic E-state index is -4.58. The zero-order chi connectivity index (χ0) is 20.7. The van der Waals surface area contributed by atoms with Crippen molar-refractivity contribution in [3.05, 3.63) is 42.0 Å². The molecule has 0 saturated carbocycles. The molecule has 0 aromatic heterocycles. The van der Waals surface area contributed by atoms with E-state index in [1.165, 1.54) is 6.07 Å². The second-order valence-electron chi connectivity index (χ2n) is 8.34. The molecule has 0 aliphatic carbocycles. The van der Waals surface area contributed by atoms with Crippen LogP contribution in [0.25, 0.3) is 10.8 Å². The Labute approximate surface area is 162 Å². The van der Waals surface area contributed by atoms with Gasteiger partial charge in [-0.3, -0.25) is 10.2 Å². The fourth-order valence-electron chi connectivity index (χ4n) is 3.38. The molecule has 0 radical (unpaired) electrons. The van der Waals surface area contributed by atoms with Gasteiger partial charge in [0, 0.05) is 6.54 Å². The van der Waals surface area contributed by atoms with Gasteiger partial charge in [0.05, 0.1) is 12.0 Å². The molecule has 3 rings (SSSR count). The standard InChI is InChI=1S/C21H25F3N2O2/c1-13(2)11-28-15-9-14-7-5-6-8-16(14)17(10-15)18(21(22,23)24)26-12-20(3,4)19(27)25-26/h5-10,13,18H,11-12H2,1-4H3,(H,25,27)/t18-/m0/s1. The largest absolute Gasteiger partial charge is 0.493 e. The van der Waals surface area contributed by atoms with Crippen LogP contribution in [-0.4, -0.2) is 30.2 Å². The second kappa shape index (κ2) is 7.28. The van der Waals surface area contributed by atoms with Crippen LogP contribution in [0.15, 0.2) is 36.4 Å². The summed E-state index contributed by atoms with van der Waals surface area (Å²) in [5.41, 5.74) is 1.59. The number of hydrazine groups is 1. The molecule has 1 atom stereocenters. The smallest absolute Gasteiger partial charge is 0.409 e. The zero-order valence-corrected chi connectivity index (χ0v) is 16.4. The van der Waals surface area contributed by atoms with E-state index in [1.54, 1.807) is 44.2 Å². The number of nitrogens with one attached hydrogen (secondary N) is 1. The summed E-state index contributed by atoms with van der Waals surface area (Å²) in [6.07, 6.45) is -4.58. The van der Waals surface area contributed by atoms with Crippen molar-refractivity contribution >= 4 is 16.7 Å². The van der Waals surface area contributed by atoms with Crippen molar-refractivity contribution in [3.8, 4) is 5.75 Å². The molecule has 0 bridgehead atoms. The Morgan fingerprint density at radius 2 is 1.89 bits per heavy atom. The van der Waals surface area contributed by atoms with E-state index >= 15 is 0 Å². The van der Waals surface area contributed by atoms with Crippen molar-refractivity contribution in [2.45, 2.75) is 39.9 Å². The first kappa shape index (κ1) is 20.5. The lowest BCUT2D eigenvalue weighted by molar-refractivity contribution is -0.191. The predicted octanol–water partition coefficient (Wildman–Crippen LogP) is 4.85. The summed E-state index contributed by atoms with van der Waals surface area (Å²) in [4.78, 5) is 12.1. The van der Waals surface area contributed by atoms with Gasteiger partial charge in [0.25, 0.3) is 0 Å². The zero-order valence-electron chi connectivity index (χ0n) is 16.4. The number of ether oxygens (including phenoxy) is 1. The number of amides is 1. The molecule has 28 heavy (non-hydrogen) atoms. The van der Waals surface area contributed by atoms with E-state index in [0.29, 0.717) is 23.1 Å². The molecule has 1 heterocycles. The van der Waals surface area contributed by atoms with Crippen LogP contribution in [0.3, 0.4) is 0 Å². The van der Waals surface area contributed by atoms with Gasteiger partial charge in [0.1, 0.15) is 5.75 Å². The molecule has 0 unspecified atom stereocenters. The average Bonchev–Trinajstić information content (AvgIpc) is 2.84. The molecular formula is C21H25F3N2O2. The summed E-state index contributed by atoms with van der Waals surface area (Å²) in [7, 11) is 0. The second-order valence-corrected chi connectivity index (χ2v) is 8.34. The van der Waals surface area contributed by atoms with Gasteiger partial charge in [-0.1, -0.05) is 38.1 Å². The molecule has 1 aliphatic rings. The number of benzene rings is 2. The Morgan fingerprint density at radius 1 is 1.21 bits per heavy atom. The highest BCUT2D eigenvalue weighted by atomic mass is 19.4. The molecule has 2 aromatic rings. The van der Waals surface area contributed by atoms with E-state index in [-0.39, 0.29) is 18.0 Å². The van der Waals surface area contributed by atoms with Gasteiger partial charge >= 0.3 is 6.18 Å². The number of rotatable bonds is 5. The maximum absolute atomic E-state index is 14.2. The molecule has 152 valence electrons. The Morgan fingerprint density at radius 3 is 2.46 bits per heavy atom. The van der Waals surface area contributed by atoms with Crippen LogP contribution in [-0.2, 0) is 4.79 Å². The first-order valence-electron chi connectivity index (χ1n) is 9.29. The number of nitrogens with zero attached hydrogens (tertiary/aromatic N) is 1. The number of carbonyl (C=O) groups excluding carboxylic acids is 1.